The maximum atomic E-state index is 2.56. The predicted octanol–water partition coefficient (Wildman–Crippen LogP) is 4.42. The van der Waals surface area contributed by atoms with Crippen LogP contribution in [0.15, 0.2) is 12.1 Å². The molecule has 0 radical (unpaired) electrons. The molecule has 0 saturated heterocycles. The second-order valence-electron chi connectivity index (χ2n) is 6.16. The van der Waals surface area contributed by atoms with E-state index < -0.39 is 0 Å². The molecule has 1 atom stereocenters. The molecule has 0 N–H and O–H groups in total. The lowest BCUT2D eigenvalue weighted by Crippen LogP contribution is -2.48. The topological polar surface area (TPSA) is 3.24 Å². The van der Waals surface area contributed by atoms with Crippen LogP contribution in [0.4, 0.5) is 5.69 Å². The Morgan fingerprint density at radius 1 is 1.24 bits per heavy atom. The molecule has 0 aliphatic carbocycles. The first kappa shape index (κ1) is 12.5. The van der Waals surface area contributed by atoms with E-state index in [9.17, 15) is 0 Å². The maximum Gasteiger partial charge on any atom is 0.0408 e. The fourth-order valence-corrected chi connectivity index (χ4v) is 3.35. The summed E-state index contributed by atoms with van der Waals surface area (Å²) in [5, 5.41) is 0. The molecule has 0 bridgehead atoms. The molecule has 1 heteroatoms. The van der Waals surface area contributed by atoms with Gasteiger partial charge in [-0.1, -0.05) is 13.0 Å². The van der Waals surface area contributed by atoms with Crippen LogP contribution in [0.3, 0.4) is 0 Å². The minimum Gasteiger partial charge on any atom is -0.366 e. The summed E-state index contributed by atoms with van der Waals surface area (Å²) < 4.78 is 0. The summed E-state index contributed by atoms with van der Waals surface area (Å²) in [6, 6.07) is 4.78. The molecule has 94 valence electrons. The monoisotopic (exact) mass is 231 g/mol. The van der Waals surface area contributed by atoms with Gasteiger partial charge >= 0.3 is 0 Å². The second kappa shape index (κ2) is 4.04. The zero-order chi connectivity index (χ0) is 12.8. The van der Waals surface area contributed by atoms with Crippen molar-refractivity contribution in [3.63, 3.8) is 0 Å². The predicted molar refractivity (Wildman–Crippen MR) is 76.0 cm³/mol. The van der Waals surface area contributed by atoms with E-state index in [0.29, 0.717) is 5.92 Å². The lowest BCUT2D eigenvalue weighted by molar-refractivity contribution is 0.381. The number of nitrogens with zero attached hydrogens (tertiary/aromatic N) is 1. The van der Waals surface area contributed by atoms with Gasteiger partial charge in [0.05, 0.1) is 0 Å². The van der Waals surface area contributed by atoms with Crippen molar-refractivity contribution >= 4 is 5.69 Å². The quantitative estimate of drug-likeness (QED) is 0.691. The van der Waals surface area contributed by atoms with E-state index in [1.165, 1.54) is 28.8 Å². The van der Waals surface area contributed by atoms with Crippen LogP contribution in [0.1, 0.15) is 56.7 Å². The van der Waals surface area contributed by atoms with Crippen LogP contribution in [0, 0.1) is 13.8 Å². The van der Waals surface area contributed by atoms with Gasteiger partial charge in [0.1, 0.15) is 0 Å². The smallest absolute Gasteiger partial charge is 0.0408 e. The molecule has 0 fully saturated rings. The van der Waals surface area contributed by atoms with E-state index in [0.717, 1.165) is 6.54 Å². The molecular weight excluding hydrogens is 206 g/mol. The van der Waals surface area contributed by atoms with Gasteiger partial charge in [0.2, 0.25) is 0 Å². The summed E-state index contributed by atoms with van der Waals surface area (Å²) in [5.41, 5.74) is 6.11. The third-order valence-electron chi connectivity index (χ3n) is 4.32. The van der Waals surface area contributed by atoms with Crippen LogP contribution >= 0.6 is 0 Å². The van der Waals surface area contributed by atoms with Crippen LogP contribution < -0.4 is 4.90 Å². The maximum absolute atomic E-state index is 2.56. The minimum absolute atomic E-state index is 0.281. The van der Waals surface area contributed by atoms with E-state index >= 15 is 0 Å². The third kappa shape index (κ3) is 1.96. The molecule has 0 saturated carbocycles. The van der Waals surface area contributed by atoms with Crippen molar-refractivity contribution in [2.75, 3.05) is 11.4 Å². The zero-order valence-electron chi connectivity index (χ0n) is 12.1. The number of fused-ring (bicyclic) bond motifs is 1. The minimum atomic E-state index is 0.281. The first-order valence-electron chi connectivity index (χ1n) is 6.75. The number of hydrogen-bond donors (Lipinski definition) is 0. The lowest BCUT2D eigenvalue weighted by Gasteiger charge is -2.47. The molecule has 1 aliphatic rings. The van der Waals surface area contributed by atoms with E-state index in [1.54, 1.807) is 0 Å². The molecule has 0 amide bonds. The van der Waals surface area contributed by atoms with Crippen molar-refractivity contribution in [2.24, 2.45) is 0 Å². The van der Waals surface area contributed by atoms with Gasteiger partial charge in [0, 0.05) is 17.8 Å². The summed E-state index contributed by atoms with van der Waals surface area (Å²) in [7, 11) is 0. The van der Waals surface area contributed by atoms with Crippen molar-refractivity contribution in [3.05, 3.63) is 28.8 Å². The summed E-state index contributed by atoms with van der Waals surface area (Å²) in [6.07, 6.45) is 1.25. The van der Waals surface area contributed by atoms with E-state index in [2.05, 4.69) is 58.6 Å². The van der Waals surface area contributed by atoms with Gasteiger partial charge in [0.25, 0.3) is 0 Å². The molecule has 0 aromatic heterocycles. The highest BCUT2D eigenvalue weighted by molar-refractivity contribution is 5.62. The fraction of sp³-hybridized carbons (Fsp3) is 0.625. The summed E-state index contributed by atoms with van der Waals surface area (Å²) in [4.78, 5) is 2.56. The Labute approximate surface area is 106 Å². The number of hydrogen-bond acceptors (Lipinski definition) is 1. The summed E-state index contributed by atoms with van der Waals surface area (Å²) >= 11 is 0. The van der Waals surface area contributed by atoms with Gasteiger partial charge < -0.3 is 4.90 Å². The summed E-state index contributed by atoms with van der Waals surface area (Å²) in [6.45, 7) is 14.9. The van der Waals surface area contributed by atoms with Crippen molar-refractivity contribution in [2.45, 2.75) is 59.4 Å². The molecule has 17 heavy (non-hydrogen) atoms. The van der Waals surface area contributed by atoms with Crippen LogP contribution in [0.25, 0.3) is 0 Å². The van der Waals surface area contributed by atoms with Crippen molar-refractivity contribution in [1.29, 1.82) is 0 Å². The first-order chi connectivity index (χ1) is 7.86. The van der Waals surface area contributed by atoms with Crippen LogP contribution in [-0.4, -0.2) is 12.1 Å². The van der Waals surface area contributed by atoms with E-state index in [1.807, 2.05) is 0 Å². The van der Waals surface area contributed by atoms with Gasteiger partial charge in [-0.3, -0.25) is 0 Å². The van der Waals surface area contributed by atoms with Gasteiger partial charge in [-0.2, -0.15) is 0 Å². The van der Waals surface area contributed by atoms with E-state index in [-0.39, 0.29) is 5.54 Å². The molecule has 0 spiro atoms. The molecule has 1 nitrogen and oxygen atoms in total. The van der Waals surface area contributed by atoms with Crippen LogP contribution in [0.5, 0.6) is 0 Å². The third-order valence-corrected chi connectivity index (χ3v) is 4.32. The Morgan fingerprint density at radius 3 is 2.41 bits per heavy atom. The number of anilines is 1. The molecule has 2 rings (SSSR count). The Hall–Kier alpha value is -0.980. The average Bonchev–Trinajstić information content (AvgIpc) is 2.21. The average molecular weight is 231 g/mol. The van der Waals surface area contributed by atoms with Gasteiger partial charge in [0.15, 0.2) is 0 Å². The lowest BCUT2D eigenvalue weighted by atomic mass is 9.79. The zero-order valence-corrected chi connectivity index (χ0v) is 12.1. The standard InChI is InChI=1S/C16H25N/c1-7-17-15-9-12(3)11(2)8-14(15)13(4)10-16(17,5)6/h8-9,13H,7,10H2,1-6H3. The van der Waals surface area contributed by atoms with Crippen molar-refractivity contribution < 1.29 is 0 Å². The van der Waals surface area contributed by atoms with Gasteiger partial charge in [-0.15, -0.1) is 0 Å². The number of rotatable bonds is 1. The second-order valence-corrected chi connectivity index (χ2v) is 6.16. The molecule has 1 aromatic carbocycles. The normalized spacial score (nSPS) is 22.5. The molecule has 1 unspecified atom stereocenters. The van der Waals surface area contributed by atoms with Crippen LogP contribution in [-0.2, 0) is 0 Å². The van der Waals surface area contributed by atoms with Gasteiger partial charge in [-0.05, 0) is 69.7 Å². The fourth-order valence-electron chi connectivity index (χ4n) is 3.35. The molecule has 1 aliphatic heterocycles. The highest BCUT2D eigenvalue weighted by Crippen LogP contribution is 2.43. The highest BCUT2D eigenvalue weighted by Gasteiger charge is 2.35. The van der Waals surface area contributed by atoms with Crippen molar-refractivity contribution in [1.82, 2.24) is 0 Å². The Bertz CT molecular complexity index is 431. The molecular formula is C16H25N. The number of benzene rings is 1. The highest BCUT2D eigenvalue weighted by atomic mass is 15.2. The Balaban J connectivity index is 2.60. The van der Waals surface area contributed by atoms with Gasteiger partial charge in [-0.25, -0.2) is 0 Å². The SMILES string of the molecule is CCN1c2cc(C)c(C)cc2C(C)CC1(C)C. The molecule has 1 heterocycles. The first-order valence-corrected chi connectivity index (χ1v) is 6.75. The largest absolute Gasteiger partial charge is 0.366 e. The van der Waals surface area contributed by atoms with E-state index in [4.69, 9.17) is 0 Å². The summed E-state index contributed by atoms with van der Waals surface area (Å²) in [5.74, 6) is 0.669. The number of aryl methyl sites for hydroxylation is 2. The Morgan fingerprint density at radius 2 is 1.82 bits per heavy atom. The van der Waals surface area contributed by atoms with Crippen molar-refractivity contribution in [3.8, 4) is 0 Å². The van der Waals surface area contributed by atoms with Crippen LogP contribution in [0.2, 0.25) is 0 Å². The Kier molecular flexibility index (Phi) is 2.97. The molecule has 1 aromatic rings.